The van der Waals surface area contributed by atoms with E-state index < -0.39 is 76.5 Å². The second kappa shape index (κ2) is 9.45. The van der Waals surface area contributed by atoms with Gasteiger partial charge in [0, 0.05) is 16.9 Å². The smallest absolute Gasteiger partial charge is 0.335 e. The number of carboxylic acids is 2. The highest BCUT2D eigenvalue weighted by atomic mass is 16.5. The van der Waals surface area contributed by atoms with Crippen LogP contribution in [0.5, 0.6) is 0 Å². The Balaban J connectivity index is 1.49. The molecule has 43 heavy (non-hydrogen) atoms. The standard InChI is InChI=1S/C31H26N2O10/c1-4-43-30(42)21-13(2)18-19-22(26(36)32(24(19)34)16-9-5-14(6-10-16)28(38)39)31(21,3)23-20(18)25(35)33(27(23)37)17-11-7-15(8-12-17)29(40)41/h5-12,18-20,22-23H,4H2,1-3H3,(H,38,39)(H,40,41)/t18?,19-,20-,22-,23+,31?/m0/s1. The molecule has 12 heteroatoms. The summed E-state index contributed by atoms with van der Waals surface area (Å²) in [4.78, 5) is 94.5. The molecule has 4 amide bonds. The minimum atomic E-state index is -1.61. The molecule has 2 heterocycles. The highest BCUT2D eigenvalue weighted by Gasteiger charge is 2.77. The van der Waals surface area contributed by atoms with Crippen LogP contribution in [-0.2, 0) is 28.7 Å². The molecule has 220 valence electrons. The summed E-state index contributed by atoms with van der Waals surface area (Å²) in [5.41, 5.74) is -0.933. The zero-order valence-corrected chi connectivity index (χ0v) is 23.3. The highest BCUT2D eigenvalue weighted by Crippen LogP contribution is 2.68. The average Bonchev–Trinajstić information content (AvgIpc) is 3.39. The van der Waals surface area contributed by atoms with Crippen molar-refractivity contribution in [2.75, 3.05) is 16.4 Å². The molecule has 2 aliphatic heterocycles. The van der Waals surface area contributed by atoms with Crippen LogP contribution in [0.1, 0.15) is 41.5 Å². The number of rotatable bonds is 6. The first-order valence-electron chi connectivity index (χ1n) is 13.7. The van der Waals surface area contributed by atoms with Gasteiger partial charge in [0.2, 0.25) is 23.6 Å². The van der Waals surface area contributed by atoms with E-state index in [0.29, 0.717) is 5.57 Å². The average molecular weight is 587 g/mol. The topological polar surface area (TPSA) is 176 Å². The van der Waals surface area contributed by atoms with Gasteiger partial charge in [-0.1, -0.05) is 12.5 Å². The van der Waals surface area contributed by atoms with E-state index in [0.717, 1.165) is 9.80 Å². The fourth-order valence-electron chi connectivity index (χ4n) is 7.82. The van der Waals surface area contributed by atoms with E-state index in [1.54, 1.807) is 20.8 Å². The van der Waals surface area contributed by atoms with E-state index in [1.165, 1.54) is 48.5 Å². The zero-order valence-electron chi connectivity index (χ0n) is 23.3. The molecule has 2 unspecified atom stereocenters. The first-order valence-corrected chi connectivity index (χ1v) is 13.7. The van der Waals surface area contributed by atoms with Crippen molar-refractivity contribution >= 4 is 52.9 Å². The Morgan fingerprint density at radius 1 is 0.721 bits per heavy atom. The summed E-state index contributed by atoms with van der Waals surface area (Å²) in [6, 6.07) is 10.4. The van der Waals surface area contributed by atoms with Crippen molar-refractivity contribution in [1.82, 2.24) is 0 Å². The zero-order chi connectivity index (χ0) is 31.1. The van der Waals surface area contributed by atoms with Crippen LogP contribution in [-0.4, -0.2) is 58.4 Å². The van der Waals surface area contributed by atoms with Crippen LogP contribution in [0.2, 0.25) is 0 Å². The van der Waals surface area contributed by atoms with Crippen molar-refractivity contribution in [1.29, 1.82) is 0 Å². The van der Waals surface area contributed by atoms with Gasteiger partial charge in [-0.2, -0.15) is 0 Å². The van der Waals surface area contributed by atoms with Gasteiger partial charge in [0.25, 0.3) is 0 Å². The van der Waals surface area contributed by atoms with Crippen molar-refractivity contribution in [3.8, 4) is 0 Å². The number of carbonyl (C=O) groups excluding carboxylic acids is 5. The summed E-state index contributed by atoms with van der Waals surface area (Å²) < 4.78 is 5.36. The minimum absolute atomic E-state index is 0.0163. The fraction of sp³-hybridized carbons (Fsp3) is 0.323. The fourth-order valence-corrected chi connectivity index (χ4v) is 7.82. The van der Waals surface area contributed by atoms with Gasteiger partial charge in [-0.05, 0) is 62.4 Å². The van der Waals surface area contributed by atoms with Crippen LogP contribution < -0.4 is 9.80 Å². The summed E-state index contributed by atoms with van der Waals surface area (Å²) >= 11 is 0. The number of hydrogen-bond donors (Lipinski definition) is 2. The van der Waals surface area contributed by atoms with Crippen LogP contribution in [0.3, 0.4) is 0 Å². The molecule has 2 bridgehead atoms. The van der Waals surface area contributed by atoms with E-state index in [2.05, 4.69) is 0 Å². The van der Waals surface area contributed by atoms with Crippen LogP contribution in [0.25, 0.3) is 0 Å². The normalized spacial score (nSPS) is 29.2. The van der Waals surface area contributed by atoms with Gasteiger partial charge in [0.05, 0.1) is 52.8 Å². The van der Waals surface area contributed by atoms with E-state index in [1.807, 2.05) is 0 Å². The highest BCUT2D eigenvalue weighted by molar-refractivity contribution is 6.27. The van der Waals surface area contributed by atoms with E-state index in [9.17, 15) is 43.8 Å². The minimum Gasteiger partial charge on any atom is -0.478 e. The maximum absolute atomic E-state index is 14.2. The second-order valence-corrected chi connectivity index (χ2v) is 11.3. The van der Waals surface area contributed by atoms with Crippen LogP contribution in [0.4, 0.5) is 11.4 Å². The molecular formula is C31H26N2O10. The SMILES string of the molecule is CCOC(=O)C1=C(C)C2[C@@H]3C(=O)N(c4ccc(C(=O)O)cc4)C(=O)[C@H]3C1(C)[C@H]1C(=O)N(c3ccc(C(=O)O)cc3)C(=O)[C@@H]21. The molecule has 2 aromatic carbocycles. The number of carboxylic acid groups (broad SMARTS) is 2. The number of imide groups is 2. The van der Waals surface area contributed by atoms with Crippen molar-refractivity contribution < 1.29 is 48.5 Å². The molecule has 0 aromatic heterocycles. The Labute approximate surface area is 244 Å². The first-order chi connectivity index (χ1) is 20.4. The Hall–Kier alpha value is -5.13. The first kappa shape index (κ1) is 28.0. The van der Waals surface area contributed by atoms with Gasteiger partial charge < -0.3 is 14.9 Å². The molecule has 7 rings (SSSR count). The predicted molar refractivity (Wildman–Crippen MR) is 147 cm³/mol. The number of allylic oxidation sites excluding steroid dienone is 1. The lowest BCUT2D eigenvalue weighted by atomic mass is 9.43. The second-order valence-electron chi connectivity index (χ2n) is 11.3. The van der Waals surface area contributed by atoms with E-state index in [4.69, 9.17) is 4.74 Å². The van der Waals surface area contributed by atoms with Gasteiger partial charge in [-0.25, -0.2) is 14.4 Å². The lowest BCUT2D eigenvalue weighted by Crippen LogP contribution is -2.61. The number of nitrogens with zero attached hydrogens (tertiary/aromatic N) is 2. The third-order valence-electron chi connectivity index (χ3n) is 9.43. The number of ether oxygens (including phenoxy) is 1. The van der Waals surface area contributed by atoms with Crippen molar-refractivity contribution in [2.24, 2.45) is 35.0 Å². The molecule has 5 aliphatic rings. The lowest BCUT2D eigenvalue weighted by molar-refractivity contribution is -0.155. The molecule has 2 N–H and O–H groups in total. The maximum atomic E-state index is 14.2. The lowest BCUT2D eigenvalue weighted by Gasteiger charge is -2.55. The van der Waals surface area contributed by atoms with Gasteiger partial charge in [-0.3, -0.25) is 29.0 Å². The quantitative estimate of drug-likeness (QED) is 0.378. The molecule has 0 spiro atoms. The van der Waals surface area contributed by atoms with Gasteiger partial charge in [0.1, 0.15) is 0 Å². The number of anilines is 2. The number of amides is 4. The summed E-state index contributed by atoms with van der Waals surface area (Å²) in [5.74, 6) is -11.1. The number of aromatic carboxylic acids is 2. The molecule has 3 fully saturated rings. The molecule has 6 atom stereocenters. The van der Waals surface area contributed by atoms with Gasteiger partial charge in [-0.15, -0.1) is 0 Å². The van der Waals surface area contributed by atoms with Crippen LogP contribution >= 0.6 is 0 Å². The summed E-state index contributed by atoms with van der Waals surface area (Å²) in [5, 5.41) is 18.5. The number of carbonyl (C=O) groups is 7. The third kappa shape index (κ3) is 3.58. The number of hydrogen-bond acceptors (Lipinski definition) is 8. The summed E-state index contributed by atoms with van der Waals surface area (Å²) in [6.07, 6.45) is 0. The summed E-state index contributed by atoms with van der Waals surface area (Å²) in [7, 11) is 0. The molecule has 2 saturated heterocycles. The Kier molecular flexibility index (Phi) is 6.15. The van der Waals surface area contributed by atoms with Gasteiger partial charge in [0.15, 0.2) is 0 Å². The van der Waals surface area contributed by atoms with Gasteiger partial charge >= 0.3 is 17.9 Å². The number of benzene rings is 2. The van der Waals surface area contributed by atoms with Crippen molar-refractivity contribution in [3.63, 3.8) is 0 Å². The molecule has 2 aromatic rings. The monoisotopic (exact) mass is 586 g/mol. The Morgan fingerprint density at radius 2 is 1.12 bits per heavy atom. The van der Waals surface area contributed by atoms with Crippen molar-refractivity contribution in [3.05, 3.63) is 70.8 Å². The number of esters is 1. The predicted octanol–water partition coefficient (Wildman–Crippen LogP) is 2.52. The van der Waals surface area contributed by atoms with Crippen LogP contribution in [0.15, 0.2) is 59.7 Å². The largest absolute Gasteiger partial charge is 0.478 e. The van der Waals surface area contributed by atoms with E-state index in [-0.39, 0.29) is 34.7 Å². The molecule has 1 saturated carbocycles. The molecule has 0 radical (unpaired) electrons. The summed E-state index contributed by atoms with van der Waals surface area (Å²) in [6.45, 7) is 4.80. The van der Waals surface area contributed by atoms with E-state index >= 15 is 0 Å². The third-order valence-corrected chi connectivity index (χ3v) is 9.43. The Bertz CT molecular complexity index is 1590. The maximum Gasteiger partial charge on any atom is 0.335 e. The molecule has 12 nitrogen and oxygen atoms in total. The van der Waals surface area contributed by atoms with Crippen molar-refractivity contribution in [2.45, 2.75) is 20.8 Å². The molecular weight excluding hydrogens is 560 g/mol. The molecule has 3 aliphatic carbocycles. The Morgan fingerprint density at radius 3 is 1.47 bits per heavy atom. The van der Waals surface area contributed by atoms with Crippen LogP contribution in [0, 0.1) is 35.0 Å².